The zero-order chi connectivity index (χ0) is 39.0. The Morgan fingerprint density at radius 1 is 0.448 bits per heavy atom. The standard InChI is InChI=1S/C55H35N3/c56-35-36-22-24-37(25-23-36)38-26-28-40(29-27-38)52(58-55(57)41-13-2-1-3-14-41)33-32-47-45-18-8-10-20-48(45)54(49-21-11-9-19-46(47)49)53-44-17-7-5-15-42(44)34-51-43-16-6-4-12-39(43)30-31-50(51)53/h1-34,57H/b33-32+,57-55?,58-52?. The van der Waals surface area contributed by atoms with Gasteiger partial charge in [-0.05, 0) is 106 Å². The number of hydrogen-bond acceptors (Lipinski definition) is 2. The summed E-state index contributed by atoms with van der Waals surface area (Å²) in [5, 5.41) is 30.3. The predicted molar refractivity (Wildman–Crippen MR) is 245 cm³/mol. The van der Waals surface area contributed by atoms with E-state index in [4.69, 9.17) is 10.4 Å². The first-order chi connectivity index (χ1) is 28.6. The summed E-state index contributed by atoms with van der Waals surface area (Å²) in [6, 6.07) is 69.5. The highest BCUT2D eigenvalue weighted by atomic mass is 14.8. The topological polar surface area (TPSA) is 60.0 Å². The highest BCUT2D eigenvalue weighted by Gasteiger charge is 2.19. The molecular weight excluding hydrogens is 703 g/mol. The predicted octanol–water partition coefficient (Wildman–Crippen LogP) is 14.2. The zero-order valence-corrected chi connectivity index (χ0v) is 31.5. The fraction of sp³-hybridized carbons (Fsp3) is 0. The van der Waals surface area contributed by atoms with Crippen molar-refractivity contribution in [2.45, 2.75) is 0 Å². The van der Waals surface area contributed by atoms with E-state index in [1.165, 1.54) is 54.2 Å². The maximum Gasteiger partial charge on any atom is 0.152 e. The second-order valence-electron chi connectivity index (χ2n) is 14.5. The van der Waals surface area contributed by atoms with E-state index in [0.29, 0.717) is 11.3 Å². The molecule has 270 valence electrons. The van der Waals surface area contributed by atoms with Crippen molar-refractivity contribution < 1.29 is 0 Å². The summed E-state index contributed by atoms with van der Waals surface area (Å²) in [6.45, 7) is 0. The molecule has 3 heteroatoms. The summed E-state index contributed by atoms with van der Waals surface area (Å²) in [5.74, 6) is 0.192. The molecule has 1 N–H and O–H groups in total. The minimum absolute atomic E-state index is 0.192. The maximum atomic E-state index is 9.29. The van der Waals surface area contributed by atoms with Gasteiger partial charge in [0.1, 0.15) is 0 Å². The molecule has 0 aliphatic rings. The van der Waals surface area contributed by atoms with Gasteiger partial charge < -0.3 is 0 Å². The fourth-order valence-electron chi connectivity index (χ4n) is 8.41. The average molecular weight is 738 g/mol. The van der Waals surface area contributed by atoms with Crippen molar-refractivity contribution >= 4 is 71.5 Å². The van der Waals surface area contributed by atoms with Gasteiger partial charge in [0.05, 0.1) is 17.3 Å². The summed E-state index contributed by atoms with van der Waals surface area (Å²) in [5.41, 5.74) is 8.58. The molecule has 3 nitrogen and oxygen atoms in total. The number of fused-ring (bicyclic) bond motifs is 6. The Hall–Kier alpha value is -7.93. The molecule has 0 aliphatic carbocycles. The fourth-order valence-corrected chi connectivity index (χ4v) is 8.41. The number of amidine groups is 1. The van der Waals surface area contributed by atoms with Gasteiger partial charge in [0.15, 0.2) is 5.84 Å². The van der Waals surface area contributed by atoms with E-state index in [0.717, 1.165) is 38.6 Å². The molecule has 10 aromatic rings. The van der Waals surface area contributed by atoms with Crippen molar-refractivity contribution in [1.82, 2.24) is 0 Å². The Morgan fingerprint density at radius 2 is 0.966 bits per heavy atom. The molecule has 0 aromatic heterocycles. The summed E-state index contributed by atoms with van der Waals surface area (Å²) in [4.78, 5) is 4.95. The van der Waals surface area contributed by atoms with Crippen molar-refractivity contribution in [3.63, 3.8) is 0 Å². The second-order valence-corrected chi connectivity index (χ2v) is 14.5. The molecule has 58 heavy (non-hydrogen) atoms. The number of nitrogens with zero attached hydrogens (tertiary/aromatic N) is 2. The summed E-state index contributed by atoms with van der Waals surface area (Å²) in [7, 11) is 0. The molecule has 10 aromatic carbocycles. The first-order valence-corrected chi connectivity index (χ1v) is 19.4. The third-order valence-electron chi connectivity index (χ3n) is 11.2. The molecule has 0 spiro atoms. The first-order valence-electron chi connectivity index (χ1n) is 19.4. The minimum atomic E-state index is 0.192. The number of allylic oxidation sites excluding steroid dienone is 1. The van der Waals surface area contributed by atoms with Gasteiger partial charge >= 0.3 is 0 Å². The lowest BCUT2D eigenvalue weighted by Gasteiger charge is -2.20. The van der Waals surface area contributed by atoms with E-state index in [1.807, 2.05) is 54.6 Å². The van der Waals surface area contributed by atoms with Crippen LogP contribution in [0.5, 0.6) is 0 Å². The summed E-state index contributed by atoms with van der Waals surface area (Å²) < 4.78 is 0. The van der Waals surface area contributed by atoms with Gasteiger partial charge in [-0.1, -0.05) is 182 Å². The molecule has 0 atom stereocenters. The molecular formula is C55H35N3. The molecule has 0 heterocycles. The van der Waals surface area contributed by atoms with Crippen LogP contribution in [0.1, 0.15) is 22.3 Å². The van der Waals surface area contributed by atoms with Gasteiger partial charge in [0.2, 0.25) is 0 Å². The largest absolute Gasteiger partial charge is 0.282 e. The highest BCUT2D eigenvalue weighted by Crippen LogP contribution is 2.46. The maximum absolute atomic E-state index is 9.29. The van der Waals surface area contributed by atoms with Crippen LogP contribution in [0.4, 0.5) is 0 Å². The summed E-state index contributed by atoms with van der Waals surface area (Å²) >= 11 is 0. The molecule has 0 unspecified atom stereocenters. The van der Waals surface area contributed by atoms with Gasteiger partial charge in [-0.2, -0.15) is 5.26 Å². The van der Waals surface area contributed by atoms with Crippen LogP contribution in [-0.2, 0) is 0 Å². The third-order valence-corrected chi connectivity index (χ3v) is 11.2. The van der Waals surface area contributed by atoms with Crippen LogP contribution in [0, 0.1) is 16.7 Å². The lowest BCUT2D eigenvalue weighted by atomic mass is 9.83. The molecule has 0 amide bonds. The number of hydrogen-bond donors (Lipinski definition) is 1. The van der Waals surface area contributed by atoms with Crippen LogP contribution in [0.25, 0.3) is 82.2 Å². The lowest BCUT2D eigenvalue weighted by molar-refractivity contribution is 1.41. The molecule has 0 bridgehead atoms. The number of benzene rings is 10. The van der Waals surface area contributed by atoms with E-state index in [-0.39, 0.29) is 5.84 Å². The van der Waals surface area contributed by atoms with E-state index in [1.54, 1.807) is 0 Å². The molecule has 0 radical (unpaired) electrons. The van der Waals surface area contributed by atoms with Crippen molar-refractivity contribution in [3.05, 3.63) is 222 Å². The van der Waals surface area contributed by atoms with Crippen LogP contribution in [0.3, 0.4) is 0 Å². The van der Waals surface area contributed by atoms with Crippen molar-refractivity contribution in [2.75, 3.05) is 0 Å². The van der Waals surface area contributed by atoms with Crippen LogP contribution in [-0.4, -0.2) is 11.5 Å². The average Bonchev–Trinajstić information content (AvgIpc) is 3.29. The second kappa shape index (κ2) is 14.6. The molecule has 0 fully saturated rings. The SMILES string of the molecule is N#Cc1ccc(-c2ccc(C(/C=C/c3c4ccccc4c(-c4c5ccccc5cc5c4ccc4ccccc45)c4ccccc34)=NC(=N)c3ccccc3)cc2)cc1. The van der Waals surface area contributed by atoms with E-state index in [2.05, 4.69) is 158 Å². The first kappa shape index (κ1) is 34.6. The normalized spacial score (nSPS) is 11.9. The highest BCUT2D eigenvalue weighted by molar-refractivity contribution is 6.28. The van der Waals surface area contributed by atoms with Crippen molar-refractivity contribution in [2.24, 2.45) is 4.99 Å². The quantitative estimate of drug-likeness (QED) is 0.0785. The van der Waals surface area contributed by atoms with Gasteiger partial charge in [-0.3, -0.25) is 5.41 Å². The number of aliphatic imine (C=N–C) groups is 1. The molecule has 10 rings (SSSR count). The van der Waals surface area contributed by atoms with Gasteiger partial charge in [0.25, 0.3) is 0 Å². The van der Waals surface area contributed by atoms with Crippen molar-refractivity contribution in [1.29, 1.82) is 10.7 Å². The van der Waals surface area contributed by atoms with Crippen LogP contribution in [0.15, 0.2) is 205 Å². The molecule has 0 saturated carbocycles. The Morgan fingerprint density at radius 3 is 1.62 bits per heavy atom. The number of nitrogens with one attached hydrogen (secondary N) is 1. The minimum Gasteiger partial charge on any atom is -0.282 e. The number of nitriles is 1. The van der Waals surface area contributed by atoms with E-state index < -0.39 is 0 Å². The molecule has 0 saturated heterocycles. The van der Waals surface area contributed by atoms with Crippen molar-refractivity contribution in [3.8, 4) is 28.3 Å². The van der Waals surface area contributed by atoms with Crippen LogP contribution in [0.2, 0.25) is 0 Å². The van der Waals surface area contributed by atoms with Gasteiger partial charge in [-0.15, -0.1) is 0 Å². The zero-order valence-electron chi connectivity index (χ0n) is 31.5. The lowest BCUT2D eigenvalue weighted by Crippen LogP contribution is -2.04. The van der Waals surface area contributed by atoms with Gasteiger partial charge in [0, 0.05) is 11.1 Å². The Bertz CT molecular complexity index is 3270. The van der Waals surface area contributed by atoms with Crippen LogP contribution >= 0.6 is 0 Å². The Kier molecular flexibility index (Phi) is 8.71. The number of rotatable bonds is 6. The van der Waals surface area contributed by atoms with Crippen LogP contribution < -0.4 is 0 Å². The van der Waals surface area contributed by atoms with Gasteiger partial charge in [-0.25, -0.2) is 4.99 Å². The monoisotopic (exact) mass is 737 g/mol. The van der Waals surface area contributed by atoms with E-state index >= 15 is 0 Å². The Balaban J connectivity index is 1.18. The smallest absolute Gasteiger partial charge is 0.152 e. The van der Waals surface area contributed by atoms with E-state index in [9.17, 15) is 5.26 Å². The molecule has 0 aliphatic heterocycles. The summed E-state index contributed by atoms with van der Waals surface area (Å²) in [6.07, 6.45) is 4.23. The Labute approximate surface area is 336 Å². The third kappa shape index (κ3) is 6.11.